The van der Waals surface area contributed by atoms with Crippen molar-refractivity contribution in [3.05, 3.63) is 0 Å². The first-order chi connectivity index (χ1) is 6.99. The van der Waals surface area contributed by atoms with Gasteiger partial charge in [-0.25, -0.2) is 0 Å². The van der Waals surface area contributed by atoms with Gasteiger partial charge >= 0.3 is 0 Å². The highest BCUT2D eigenvalue weighted by molar-refractivity contribution is 8.01. The van der Waals surface area contributed by atoms with Crippen molar-refractivity contribution in [1.82, 2.24) is 0 Å². The summed E-state index contributed by atoms with van der Waals surface area (Å²) in [4.78, 5) is 0. The van der Waals surface area contributed by atoms with E-state index in [0.29, 0.717) is 4.75 Å². The average molecular weight is 225 g/mol. The van der Waals surface area contributed by atoms with E-state index in [1.165, 1.54) is 38.5 Å². The van der Waals surface area contributed by atoms with Crippen molar-refractivity contribution < 1.29 is 0 Å². The molecule has 0 aliphatic heterocycles. The van der Waals surface area contributed by atoms with E-state index in [1.807, 2.05) is 0 Å². The minimum Gasteiger partial charge on any atom is -0.325 e. The molecule has 0 radical (unpaired) electrons. The van der Waals surface area contributed by atoms with Gasteiger partial charge in [-0.3, -0.25) is 0 Å². The minimum atomic E-state index is 0.228. The Balaban J connectivity index is 1.86. The van der Waals surface area contributed by atoms with Crippen LogP contribution in [0.4, 0.5) is 0 Å². The average Bonchev–Trinajstić information content (AvgIpc) is 1.94. The molecule has 2 heteroatoms. The van der Waals surface area contributed by atoms with Gasteiger partial charge in [-0.1, -0.05) is 13.8 Å². The summed E-state index contributed by atoms with van der Waals surface area (Å²) in [7, 11) is 0. The molecular formula is C13H23NS. The first-order valence-corrected chi connectivity index (χ1v) is 7.33. The van der Waals surface area contributed by atoms with Crippen LogP contribution in [-0.4, -0.2) is 15.5 Å². The lowest BCUT2D eigenvalue weighted by Crippen LogP contribution is -2.61. The maximum Gasteiger partial charge on any atom is 0.0185 e. The molecule has 0 aromatic carbocycles. The quantitative estimate of drug-likeness (QED) is 0.781. The van der Waals surface area contributed by atoms with Crippen LogP contribution in [-0.2, 0) is 0 Å². The molecule has 0 aromatic heterocycles. The summed E-state index contributed by atoms with van der Waals surface area (Å²) in [6.45, 7) is 4.68. The van der Waals surface area contributed by atoms with E-state index in [-0.39, 0.29) is 5.54 Å². The largest absolute Gasteiger partial charge is 0.325 e. The standard InChI is InChI=1S/C13H23NS/c1-9(2)15-13-6-10-3-11(7-13)5-12(14,4-10)8-13/h9-11H,3-8,14H2,1-2H3. The van der Waals surface area contributed by atoms with Crippen LogP contribution in [0.1, 0.15) is 52.4 Å². The zero-order chi connectivity index (χ0) is 10.7. The summed E-state index contributed by atoms with van der Waals surface area (Å²) in [5, 5.41) is 0.768. The Morgan fingerprint density at radius 3 is 2.20 bits per heavy atom. The van der Waals surface area contributed by atoms with Gasteiger partial charge in [0.15, 0.2) is 0 Å². The van der Waals surface area contributed by atoms with Crippen LogP contribution in [0.15, 0.2) is 0 Å². The maximum absolute atomic E-state index is 6.57. The Morgan fingerprint density at radius 2 is 1.73 bits per heavy atom. The highest BCUT2D eigenvalue weighted by atomic mass is 32.2. The van der Waals surface area contributed by atoms with Crippen LogP contribution >= 0.6 is 11.8 Å². The van der Waals surface area contributed by atoms with E-state index in [9.17, 15) is 0 Å². The Hall–Kier alpha value is 0.310. The fraction of sp³-hybridized carbons (Fsp3) is 1.00. The van der Waals surface area contributed by atoms with Crippen molar-refractivity contribution in [3.63, 3.8) is 0 Å². The molecule has 15 heavy (non-hydrogen) atoms. The van der Waals surface area contributed by atoms with Crippen molar-refractivity contribution >= 4 is 11.8 Å². The number of rotatable bonds is 2. The molecule has 2 atom stereocenters. The fourth-order valence-electron chi connectivity index (χ4n) is 4.89. The molecule has 86 valence electrons. The van der Waals surface area contributed by atoms with Gasteiger partial charge in [0.05, 0.1) is 0 Å². The normalized spacial score (nSPS) is 52.8. The first-order valence-electron chi connectivity index (χ1n) is 6.45. The molecule has 1 nitrogen and oxygen atoms in total. The third-order valence-electron chi connectivity index (χ3n) is 4.54. The van der Waals surface area contributed by atoms with Gasteiger partial charge in [0.2, 0.25) is 0 Å². The highest BCUT2D eigenvalue weighted by Gasteiger charge is 2.56. The summed E-state index contributed by atoms with van der Waals surface area (Å²) in [6, 6.07) is 0. The number of hydrogen-bond acceptors (Lipinski definition) is 2. The summed E-state index contributed by atoms with van der Waals surface area (Å²) >= 11 is 2.23. The molecule has 4 saturated carbocycles. The van der Waals surface area contributed by atoms with E-state index >= 15 is 0 Å². The molecule has 0 spiro atoms. The molecule has 2 unspecified atom stereocenters. The van der Waals surface area contributed by atoms with Gasteiger partial charge < -0.3 is 5.73 Å². The van der Waals surface area contributed by atoms with Crippen LogP contribution in [0, 0.1) is 11.8 Å². The van der Waals surface area contributed by atoms with Gasteiger partial charge in [0.1, 0.15) is 0 Å². The van der Waals surface area contributed by atoms with E-state index < -0.39 is 0 Å². The molecule has 4 rings (SSSR count). The van der Waals surface area contributed by atoms with E-state index in [1.54, 1.807) is 0 Å². The Morgan fingerprint density at radius 1 is 1.13 bits per heavy atom. The lowest BCUT2D eigenvalue weighted by Gasteiger charge is -2.61. The van der Waals surface area contributed by atoms with Gasteiger partial charge in [0, 0.05) is 10.3 Å². The predicted octanol–water partition coefficient (Wildman–Crippen LogP) is 3.18. The molecule has 0 heterocycles. The second kappa shape index (κ2) is 3.16. The van der Waals surface area contributed by atoms with Crippen molar-refractivity contribution in [3.8, 4) is 0 Å². The van der Waals surface area contributed by atoms with Crippen molar-refractivity contribution in [2.24, 2.45) is 17.6 Å². The predicted molar refractivity (Wildman–Crippen MR) is 67.1 cm³/mol. The van der Waals surface area contributed by atoms with Crippen molar-refractivity contribution in [2.45, 2.75) is 67.9 Å². The third kappa shape index (κ3) is 1.74. The monoisotopic (exact) mass is 225 g/mol. The topological polar surface area (TPSA) is 26.0 Å². The fourth-order valence-corrected chi connectivity index (χ4v) is 6.92. The smallest absolute Gasteiger partial charge is 0.0185 e. The first kappa shape index (κ1) is 10.5. The molecular weight excluding hydrogens is 202 g/mol. The zero-order valence-electron chi connectivity index (χ0n) is 9.96. The van der Waals surface area contributed by atoms with Crippen LogP contribution in [0.5, 0.6) is 0 Å². The number of hydrogen-bond donors (Lipinski definition) is 1. The van der Waals surface area contributed by atoms with E-state index in [0.717, 1.165) is 17.1 Å². The summed E-state index contributed by atoms with van der Waals surface area (Å²) in [5.41, 5.74) is 6.80. The Kier molecular flexibility index (Phi) is 2.21. The molecule has 0 amide bonds. The van der Waals surface area contributed by atoms with Gasteiger partial charge in [-0.15, -0.1) is 0 Å². The van der Waals surface area contributed by atoms with Gasteiger partial charge in [0.25, 0.3) is 0 Å². The molecule has 2 N–H and O–H groups in total. The molecule has 4 bridgehead atoms. The lowest BCUT2D eigenvalue weighted by molar-refractivity contribution is 0.0176. The maximum atomic E-state index is 6.57. The third-order valence-corrected chi connectivity index (χ3v) is 5.99. The van der Waals surface area contributed by atoms with Crippen molar-refractivity contribution in [1.29, 1.82) is 0 Å². The van der Waals surface area contributed by atoms with Crippen LogP contribution in [0.2, 0.25) is 0 Å². The van der Waals surface area contributed by atoms with Gasteiger partial charge in [-0.2, -0.15) is 11.8 Å². The Labute approximate surface area is 97.6 Å². The molecule has 0 aromatic rings. The summed E-state index contributed by atoms with van der Waals surface area (Å²) in [6.07, 6.45) is 8.36. The van der Waals surface area contributed by atoms with E-state index in [4.69, 9.17) is 5.73 Å². The number of nitrogens with two attached hydrogens (primary N) is 1. The van der Waals surface area contributed by atoms with Crippen LogP contribution < -0.4 is 5.73 Å². The molecule has 4 aliphatic rings. The molecule has 4 fully saturated rings. The highest BCUT2D eigenvalue weighted by Crippen LogP contribution is 2.61. The lowest BCUT2D eigenvalue weighted by atomic mass is 9.53. The van der Waals surface area contributed by atoms with Crippen LogP contribution in [0.3, 0.4) is 0 Å². The van der Waals surface area contributed by atoms with Crippen molar-refractivity contribution in [2.75, 3.05) is 0 Å². The SMILES string of the molecule is CC(C)SC12CC3CC(CC(N)(C3)C1)C2. The number of thioether (sulfide) groups is 1. The zero-order valence-corrected chi connectivity index (χ0v) is 10.8. The summed E-state index contributed by atoms with van der Waals surface area (Å²) in [5.74, 6) is 1.92. The van der Waals surface area contributed by atoms with E-state index in [2.05, 4.69) is 25.6 Å². The Bertz CT molecular complexity index is 254. The second-order valence-corrected chi connectivity index (χ2v) is 8.72. The molecule has 0 saturated heterocycles. The molecule has 4 aliphatic carbocycles. The van der Waals surface area contributed by atoms with Gasteiger partial charge in [-0.05, 0) is 55.6 Å². The van der Waals surface area contributed by atoms with Crippen LogP contribution in [0.25, 0.3) is 0 Å². The minimum absolute atomic E-state index is 0.228. The second-order valence-electron chi connectivity index (χ2n) is 6.67. The summed E-state index contributed by atoms with van der Waals surface area (Å²) < 4.78 is 0.576.